The number of unbranched alkanes of at least 4 members (excludes halogenated alkanes) is 1. The normalized spacial score (nSPS) is 10.0. The van der Waals surface area contributed by atoms with E-state index < -0.39 is 0 Å². The number of aryl methyl sites for hydroxylation is 1. The summed E-state index contributed by atoms with van der Waals surface area (Å²) in [4.78, 5) is 11.2. The highest BCUT2D eigenvalue weighted by atomic mass is 16.5. The summed E-state index contributed by atoms with van der Waals surface area (Å²) in [5, 5.41) is 0. The van der Waals surface area contributed by atoms with E-state index >= 15 is 0 Å². The van der Waals surface area contributed by atoms with Crippen molar-refractivity contribution in [3.05, 3.63) is 29.8 Å². The van der Waals surface area contributed by atoms with E-state index in [4.69, 9.17) is 4.74 Å². The highest BCUT2D eigenvalue weighted by Crippen LogP contribution is 2.14. The molecular formula is C13H20N2O2. The van der Waals surface area contributed by atoms with Crippen molar-refractivity contribution in [1.82, 2.24) is 10.9 Å². The van der Waals surface area contributed by atoms with Gasteiger partial charge in [0.15, 0.2) is 0 Å². The molecule has 0 aliphatic rings. The quantitative estimate of drug-likeness (QED) is 0.559. The van der Waals surface area contributed by atoms with Gasteiger partial charge >= 0.3 is 0 Å². The Hall–Kier alpha value is -1.55. The summed E-state index contributed by atoms with van der Waals surface area (Å²) in [5.41, 5.74) is 6.43. The fourth-order valence-electron chi connectivity index (χ4n) is 1.64. The van der Waals surface area contributed by atoms with Crippen LogP contribution >= 0.6 is 0 Å². The maximum Gasteiger partial charge on any atom is 0.234 e. The lowest BCUT2D eigenvalue weighted by Crippen LogP contribution is -2.33. The molecule has 0 unspecified atom stereocenters. The summed E-state index contributed by atoms with van der Waals surface area (Å²) in [6.45, 7) is 0. The molecule has 94 valence electrons. The van der Waals surface area contributed by atoms with Gasteiger partial charge < -0.3 is 4.74 Å². The predicted octanol–water partition coefficient (Wildman–Crippen LogP) is 1.66. The number of hydrazine groups is 1. The highest BCUT2D eigenvalue weighted by Gasteiger charge is 2.00. The monoisotopic (exact) mass is 236 g/mol. The van der Waals surface area contributed by atoms with Crippen LogP contribution in [0.1, 0.15) is 24.8 Å². The van der Waals surface area contributed by atoms with Crippen LogP contribution in [0.2, 0.25) is 0 Å². The Kier molecular flexibility index (Phi) is 6.10. The lowest BCUT2D eigenvalue weighted by Gasteiger charge is -2.05. The maximum atomic E-state index is 11.2. The number of carbonyl (C=O) groups is 1. The fraction of sp³-hybridized carbons (Fsp3) is 0.462. The van der Waals surface area contributed by atoms with E-state index in [2.05, 4.69) is 16.9 Å². The van der Waals surface area contributed by atoms with Crippen molar-refractivity contribution < 1.29 is 9.53 Å². The zero-order chi connectivity index (χ0) is 12.5. The first-order valence-electron chi connectivity index (χ1n) is 5.84. The van der Waals surface area contributed by atoms with Crippen LogP contribution in [0.5, 0.6) is 5.75 Å². The molecule has 1 rings (SSSR count). The van der Waals surface area contributed by atoms with Gasteiger partial charge in [0.05, 0.1) is 7.11 Å². The maximum absolute atomic E-state index is 11.2. The fourth-order valence-corrected chi connectivity index (χ4v) is 1.64. The second kappa shape index (κ2) is 7.68. The third-order valence-electron chi connectivity index (χ3n) is 2.52. The molecule has 0 atom stereocenters. The van der Waals surface area contributed by atoms with Gasteiger partial charge in [-0.1, -0.05) is 12.1 Å². The minimum absolute atomic E-state index is 0.0399. The zero-order valence-corrected chi connectivity index (χ0v) is 10.5. The first-order chi connectivity index (χ1) is 8.26. The molecule has 0 heterocycles. The van der Waals surface area contributed by atoms with Crippen LogP contribution < -0.4 is 15.6 Å². The van der Waals surface area contributed by atoms with Crippen LogP contribution in [0, 0.1) is 0 Å². The highest BCUT2D eigenvalue weighted by molar-refractivity contribution is 5.75. The summed E-state index contributed by atoms with van der Waals surface area (Å²) in [6.07, 6.45) is 3.43. The number of hydrogen-bond donors (Lipinski definition) is 2. The molecule has 0 spiro atoms. The van der Waals surface area contributed by atoms with Crippen LogP contribution in [0.15, 0.2) is 24.3 Å². The lowest BCUT2D eigenvalue weighted by molar-refractivity contribution is -0.122. The van der Waals surface area contributed by atoms with Crippen molar-refractivity contribution in [3.63, 3.8) is 0 Å². The number of benzene rings is 1. The second-order valence-corrected chi connectivity index (χ2v) is 3.86. The average Bonchev–Trinajstić information content (AvgIpc) is 2.35. The lowest BCUT2D eigenvalue weighted by atomic mass is 10.1. The van der Waals surface area contributed by atoms with Gasteiger partial charge in [-0.15, -0.1) is 0 Å². The van der Waals surface area contributed by atoms with E-state index in [1.54, 1.807) is 14.2 Å². The number of hydrogen-bond acceptors (Lipinski definition) is 3. The Morgan fingerprint density at radius 1 is 1.35 bits per heavy atom. The largest absolute Gasteiger partial charge is 0.497 e. The number of nitrogens with one attached hydrogen (secondary N) is 2. The molecule has 2 N–H and O–H groups in total. The van der Waals surface area contributed by atoms with Crippen molar-refractivity contribution in [2.24, 2.45) is 0 Å². The van der Waals surface area contributed by atoms with Crippen LogP contribution in [0.3, 0.4) is 0 Å². The number of methoxy groups -OCH3 is 1. The number of amides is 1. The Labute approximate surface area is 102 Å². The third-order valence-corrected chi connectivity index (χ3v) is 2.52. The molecule has 1 aromatic carbocycles. The Morgan fingerprint density at radius 2 is 2.18 bits per heavy atom. The average molecular weight is 236 g/mol. The minimum atomic E-state index is 0.0399. The van der Waals surface area contributed by atoms with Crippen LogP contribution in [-0.4, -0.2) is 20.1 Å². The van der Waals surface area contributed by atoms with E-state index in [0.717, 1.165) is 25.0 Å². The van der Waals surface area contributed by atoms with Gasteiger partial charge in [-0.3, -0.25) is 10.2 Å². The topological polar surface area (TPSA) is 50.4 Å². The summed E-state index contributed by atoms with van der Waals surface area (Å²) < 4.78 is 5.16. The molecule has 1 aromatic rings. The van der Waals surface area contributed by atoms with Gasteiger partial charge in [0, 0.05) is 13.5 Å². The first kappa shape index (κ1) is 13.5. The second-order valence-electron chi connectivity index (χ2n) is 3.86. The Balaban J connectivity index is 2.24. The molecule has 0 aromatic heterocycles. The summed E-state index contributed by atoms with van der Waals surface area (Å²) in [5.74, 6) is 0.925. The van der Waals surface area contributed by atoms with E-state index in [1.807, 2.05) is 18.2 Å². The van der Waals surface area contributed by atoms with Crippen LogP contribution in [0.4, 0.5) is 0 Å². The molecule has 0 radical (unpaired) electrons. The van der Waals surface area contributed by atoms with Crippen molar-refractivity contribution in [2.75, 3.05) is 14.2 Å². The van der Waals surface area contributed by atoms with Crippen LogP contribution in [0.25, 0.3) is 0 Å². The van der Waals surface area contributed by atoms with Gasteiger partial charge in [0.1, 0.15) is 5.75 Å². The van der Waals surface area contributed by atoms with E-state index in [-0.39, 0.29) is 5.91 Å². The van der Waals surface area contributed by atoms with Gasteiger partial charge in [0.25, 0.3) is 0 Å². The molecule has 0 aliphatic heterocycles. The minimum Gasteiger partial charge on any atom is -0.497 e. The van der Waals surface area contributed by atoms with E-state index in [1.165, 1.54) is 5.56 Å². The van der Waals surface area contributed by atoms with E-state index in [9.17, 15) is 4.79 Å². The summed E-state index contributed by atoms with van der Waals surface area (Å²) in [7, 11) is 3.36. The molecule has 0 aliphatic carbocycles. The van der Waals surface area contributed by atoms with Gasteiger partial charge in [0.2, 0.25) is 5.91 Å². The van der Waals surface area contributed by atoms with Gasteiger partial charge in [-0.2, -0.15) is 0 Å². The number of rotatable bonds is 7. The number of carbonyl (C=O) groups excluding carboxylic acids is 1. The molecule has 17 heavy (non-hydrogen) atoms. The smallest absolute Gasteiger partial charge is 0.234 e. The zero-order valence-electron chi connectivity index (χ0n) is 10.5. The molecular weight excluding hydrogens is 216 g/mol. The van der Waals surface area contributed by atoms with Crippen molar-refractivity contribution in [3.8, 4) is 5.75 Å². The molecule has 0 fully saturated rings. The summed E-state index contributed by atoms with van der Waals surface area (Å²) in [6, 6.07) is 8.04. The molecule has 4 nitrogen and oxygen atoms in total. The molecule has 0 saturated heterocycles. The Bertz CT molecular complexity index is 353. The predicted molar refractivity (Wildman–Crippen MR) is 67.8 cm³/mol. The molecule has 0 bridgehead atoms. The standard InChI is InChI=1S/C13H20N2O2/c1-14-15-13(16)9-4-3-6-11-7-5-8-12(10-11)17-2/h5,7-8,10,14H,3-4,6,9H2,1-2H3,(H,15,16). The van der Waals surface area contributed by atoms with Gasteiger partial charge in [-0.05, 0) is 37.0 Å². The van der Waals surface area contributed by atoms with Crippen LogP contribution in [-0.2, 0) is 11.2 Å². The Morgan fingerprint density at radius 3 is 2.88 bits per heavy atom. The number of ether oxygens (including phenoxy) is 1. The first-order valence-corrected chi connectivity index (χ1v) is 5.84. The molecule has 4 heteroatoms. The van der Waals surface area contributed by atoms with Crippen molar-refractivity contribution in [2.45, 2.75) is 25.7 Å². The molecule has 1 amide bonds. The van der Waals surface area contributed by atoms with E-state index in [0.29, 0.717) is 6.42 Å². The molecule has 0 saturated carbocycles. The summed E-state index contributed by atoms with van der Waals surface area (Å²) >= 11 is 0. The van der Waals surface area contributed by atoms with Gasteiger partial charge in [-0.25, -0.2) is 5.43 Å². The SMILES string of the molecule is CNNC(=O)CCCCc1cccc(OC)c1. The van der Waals surface area contributed by atoms with Crippen molar-refractivity contribution in [1.29, 1.82) is 0 Å². The van der Waals surface area contributed by atoms with Crippen molar-refractivity contribution >= 4 is 5.91 Å². The third kappa shape index (κ3) is 5.36.